The number of rotatable bonds is 9. The summed E-state index contributed by atoms with van der Waals surface area (Å²) in [6, 6.07) is 13.9. The van der Waals surface area contributed by atoms with Gasteiger partial charge in [0.1, 0.15) is 6.67 Å². The standard InChI is InChI=1S/C26H34FNO2/c1-20-8-6-7-11-23(20)25-18-22(12-13-24(25)26(29)30-2)19-28(17-15-27)16-14-21-9-4-3-5-10-21/h6-8,11-13,18,21H,3-5,9-10,14-17,19H2,1-2H3. The van der Waals surface area contributed by atoms with Crippen molar-refractivity contribution in [1.29, 1.82) is 0 Å². The summed E-state index contributed by atoms with van der Waals surface area (Å²) in [6.45, 7) is 3.77. The van der Waals surface area contributed by atoms with E-state index in [1.807, 2.05) is 43.3 Å². The van der Waals surface area contributed by atoms with Gasteiger partial charge in [-0.05, 0) is 60.2 Å². The minimum Gasteiger partial charge on any atom is -0.465 e. The molecule has 2 aromatic rings. The summed E-state index contributed by atoms with van der Waals surface area (Å²) in [4.78, 5) is 14.6. The molecule has 162 valence electrons. The maximum atomic E-state index is 13.2. The van der Waals surface area contributed by atoms with Crippen LogP contribution in [0.2, 0.25) is 0 Å². The number of benzene rings is 2. The maximum absolute atomic E-state index is 13.2. The van der Waals surface area contributed by atoms with Crippen molar-refractivity contribution in [2.24, 2.45) is 5.92 Å². The number of methoxy groups -OCH3 is 1. The molecule has 0 aliphatic heterocycles. The zero-order chi connectivity index (χ0) is 21.3. The number of nitrogens with zero attached hydrogens (tertiary/aromatic N) is 1. The first-order chi connectivity index (χ1) is 14.6. The fraction of sp³-hybridized carbons (Fsp3) is 0.500. The highest BCUT2D eigenvalue weighted by Crippen LogP contribution is 2.30. The average Bonchev–Trinajstić information content (AvgIpc) is 2.78. The first-order valence-corrected chi connectivity index (χ1v) is 11.2. The minimum atomic E-state index is -0.338. The lowest BCUT2D eigenvalue weighted by atomic mass is 9.87. The van der Waals surface area contributed by atoms with Crippen LogP contribution in [0.4, 0.5) is 4.39 Å². The number of carbonyl (C=O) groups excluding carboxylic acids is 1. The molecule has 2 aromatic carbocycles. The Hall–Kier alpha value is -2.20. The van der Waals surface area contributed by atoms with Crippen LogP contribution in [0.1, 0.15) is 60.0 Å². The van der Waals surface area contributed by atoms with Crippen molar-refractivity contribution in [2.75, 3.05) is 26.9 Å². The van der Waals surface area contributed by atoms with Gasteiger partial charge in [0.05, 0.1) is 12.7 Å². The molecule has 1 aliphatic carbocycles. The molecule has 1 aliphatic rings. The Balaban J connectivity index is 1.80. The second-order valence-corrected chi connectivity index (χ2v) is 8.44. The van der Waals surface area contributed by atoms with E-state index in [4.69, 9.17) is 4.74 Å². The Bertz CT molecular complexity index is 830. The number of aryl methyl sites for hydroxylation is 1. The molecule has 1 fully saturated rings. The topological polar surface area (TPSA) is 29.5 Å². The third kappa shape index (κ3) is 5.91. The first-order valence-electron chi connectivity index (χ1n) is 11.2. The van der Waals surface area contributed by atoms with Crippen LogP contribution in [0.3, 0.4) is 0 Å². The van der Waals surface area contributed by atoms with Gasteiger partial charge in [-0.1, -0.05) is 62.4 Å². The molecule has 0 radical (unpaired) electrons. The van der Waals surface area contributed by atoms with Crippen molar-refractivity contribution in [1.82, 2.24) is 4.90 Å². The van der Waals surface area contributed by atoms with Crippen molar-refractivity contribution in [2.45, 2.75) is 52.0 Å². The molecular weight excluding hydrogens is 377 g/mol. The highest BCUT2D eigenvalue weighted by atomic mass is 19.1. The van der Waals surface area contributed by atoms with Gasteiger partial charge >= 0.3 is 5.97 Å². The van der Waals surface area contributed by atoms with Crippen LogP contribution in [-0.4, -0.2) is 37.7 Å². The van der Waals surface area contributed by atoms with Crippen LogP contribution >= 0.6 is 0 Å². The van der Waals surface area contributed by atoms with Gasteiger partial charge in [0.25, 0.3) is 0 Å². The number of esters is 1. The summed E-state index contributed by atoms with van der Waals surface area (Å²) in [5.41, 5.74) is 4.68. The van der Waals surface area contributed by atoms with E-state index in [2.05, 4.69) is 11.0 Å². The van der Waals surface area contributed by atoms with Crippen molar-refractivity contribution < 1.29 is 13.9 Å². The van der Waals surface area contributed by atoms with Crippen molar-refractivity contribution in [3.8, 4) is 11.1 Å². The second kappa shape index (κ2) is 11.3. The highest BCUT2D eigenvalue weighted by Gasteiger charge is 2.18. The van der Waals surface area contributed by atoms with Gasteiger partial charge in [0.15, 0.2) is 0 Å². The fourth-order valence-electron chi connectivity index (χ4n) is 4.56. The zero-order valence-electron chi connectivity index (χ0n) is 18.3. The quantitative estimate of drug-likeness (QED) is 0.461. The number of hydrogen-bond acceptors (Lipinski definition) is 3. The largest absolute Gasteiger partial charge is 0.465 e. The van der Waals surface area contributed by atoms with E-state index in [-0.39, 0.29) is 12.6 Å². The molecule has 0 spiro atoms. The zero-order valence-corrected chi connectivity index (χ0v) is 18.3. The minimum absolute atomic E-state index is 0.335. The third-order valence-electron chi connectivity index (χ3n) is 6.31. The highest BCUT2D eigenvalue weighted by molar-refractivity contribution is 5.97. The van der Waals surface area contributed by atoms with E-state index >= 15 is 0 Å². The molecule has 0 amide bonds. The smallest absolute Gasteiger partial charge is 0.338 e. The van der Waals surface area contributed by atoms with Gasteiger partial charge in [0, 0.05) is 13.1 Å². The Morgan fingerprint density at radius 3 is 2.53 bits per heavy atom. The van der Waals surface area contributed by atoms with Gasteiger partial charge in [-0.2, -0.15) is 0 Å². The van der Waals surface area contributed by atoms with Crippen molar-refractivity contribution in [3.05, 3.63) is 59.2 Å². The van der Waals surface area contributed by atoms with Gasteiger partial charge in [0.2, 0.25) is 0 Å². The molecule has 0 N–H and O–H groups in total. The number of halogens is 1. The van der Waals surface area contributed by atoms with Gasteiger partial charge < -0.3 is 4.74 Å². The van der Waals surface area contributed by atoms with Gasteiger partial charge in [-0.3, -0.25) is 4.90 Å². The number of hydrogen-bond donors (Lipinski definition) is 0. The molecule has 0 aromatic heterocycles. The molecule has 3 rings (SSSR count). The molecule has 0 heterocycles. The Kier molecular flexibility index (Phi) is 8.44. The molecule has 0 atom stereocenters. The first kappa shape index (κ1) is 22.5. The third-order valence-corrected chi connectivity index (χ3v) is 6.31. The average molecular weight is 412 g/mol. The predicted molar refractivity (Wildman–Crippen MR) is 120 cm³/mol. The lowest BCUT2D eigenvalue weighted by Gasteiger charge is -2.26. The van der Waals surface area contributed by atoms with E-state index < -0.39 is 0 Å². The van der Waals surface area contributed by atoms with Crippen molar-refractivity contribution in [3.63, 3.8) is 0 Å². The summed E-state index contributed by atoms with van der Waals surface area (Å²) in [5, 5.41) is 0. The van der Waals surface area contributed by atoms with Crippen LogP contribution in [0.25, 0.3) is 11.1 Å². The Labute approximate surface area is 180 Å². The molecule has 0 saturated heterocycles. The number of ether oxygens (including phenoxy) is 1. The number of carbonyl (C=O) groups is 1. The molecule has 0 unspecified atom stereocenters. The van der Waals surface area contributed by atoms with Crippen LogP contribution in [0.5, 0.6) is 0 Å². The SMILES string of the molecule is COC(=O)c1ccc(CN(CCF)CCC2CCCCC2)cc1-c1ccccc1C. The molecule has 30 heavy (non-hydrogen) atoms. The van der Waals surface area contributed by atoms with Gasteiger partial charge in [-0.25, -0.2) is 9.18 Å². The van der Waals surface area contributed by atoms with E-state index in [0.717, 1.165) is 41.1 Å². The summed E-state index contributed by atoms with van der Waals surface area (Å²) >= 11 is 0. The molecule has 0 bridgehead atoms. The van der Waals surface area contributed by atoms with Crippen LogP contribution in [-0.2, 0) is 11.3 Å². The van der Waals surface area contributed by atoms with E-state index in [1.165, 1.54) is 39.2 Å². The lowest BCUT2D eigenvalue weighted by molar-refractivity contribution is 0.0601. The normalized spacial score (nSPS) is 14.8. The van der Waals surface area contributed by atoms with E-state index in [0.29, 0.717) is 18.7 Å². The van der Waals surface area contributed by atoms with Crippen LogP contribution in [0, 0.1) is 12.8 Å². The monoisotopic (exact) mass is 411 g/mol. The Morgan fingerprint density at radius 1 is 1.07 bits per heavy atom. The Morgan fingerprint density at radius 2 is 1.83 bits per heavy atom. The van der Waals surface area contributed by atoms with Crippen LogP contribution < -0.4 is 0 Å². The molecule has 1 saturated carbocycles. The number of alkyl halides is 1. The second-order valence-electron chi connectivity index (χ2n) is 8.44. The predicted octanol–water partition coefficient (Wildman–Crippen LogP) is 6.19. The summed E-state index contributed by atoms with van der Waals surface area (Å²) < 4.78 is 18.2. The van der Waals surface area contributed by atoms with E-state index in [1.54, 1.807) is 0 Å². The van der Waals surface area contributed by atoms with Gasteiger partial charge in [-0.15, -0.1) is 0 Å². The summed E-state index contributed by atoms with van der Waals surface area (Å²) in [7, 11) is 1.41. The van der Waals surface area contributed by atoms with Crippen molar-refractivity contribution >= 4 is 5.97 Å². The molecule has 3 nitrogen and oxygen atoms in total. The van der Waals surface area contributed by atoms with Crippen LogP contribution in [0.15, 0.2) is 42.5 Å². The fourth-order valence-corrected chi connectivity index (χ4v) is 4.56. The maximum Gasteiger partial charge on any atom is 0.338 e. The lowest BCUT2D eigenvalue weighted by Crippen LogP contribution is -2.28. The summed E-state index contributed by atoms with van der Waals surface area (Å²) in [5.74, 6) is 0.447. The summed E-state index contributed by atoms with van der Waals surface area (Å²) in [6.07, 6.45) is 7.80. The molecular formula is C26H34FNO2. The van der Waals surface area contributed by atoms with E-state index in [9.17, 15) is 9.18 Å². The molecule has 4 heteroatoms.